The number of nitrogens with one attached hydrogen (secondary N) is 1. The minimum atomic E-state index is -4.50. The molecule has 0 aliphatic carbocycles. The van der Waals surface area contributed by atoms with E-state index in [1.54, 1.807) is 6.92 Å². The molecule has 1 unspecified atom stereocenters. The number of amides is 1. The van der Waals surface area contributed by atoms with Crippen molar-refractivity contribution < 1.29 is 22.7 Å². The molecule has 0 aromatic heterocycles. The van der Waals surface area contributed by atoms with Gasteiger partial charge in [-0.15, -0.1) is 0 Å². The van der Waals surface area contributed by atoms with Crippen molar-refractivity contribution in [3.05, 3.63) is 35.9 Å². The molecule has 100 valence electrons. The van der Waals surface area contributed by atoms with Gasteiger partial charge in [-0.25, -0.2) is 4.79 Å². The van der Waals surface area contributed by atoms with Gasteiger partial charge in [0.25, 0.3) is 0 Å². The maximum absolute atomic E-state index is 11.8. The molecule has 6 heteroatoms. The number of benzene rings is 1. The fourth-order valence-electron chi connectivity index (χ4n) is 1.41. The number of alkyl carbamates (subject to hydrolysis) is 1. The second kappa shape index (κ2) is 6.28. The minimum absolute atomic E-state index is 0.298. The Hall–Kier alpha value is -1.72. The van der Waals surface area contributed by atoms with E-state index in [4.69, 9.17) is 0 Å². The zero-order chi connectivity index (χ0) is 13.6. The van der Waals surface area contributed by atoms with Gasteiger partial charge >= 0.3 is 12.3 Å². The van der Waals surface area contributed by atoms with Gasteiger partial charge in [0.2, 0.25) is 0 Å². The summed E-state index contributed by atoms with van der Waals surface area (Å²) in [5.41, 5.74) is 0.987. The standard InChI is InChI=1S/C12H14F3NO2/c1-9(7-10-5-3-2-4-6-10)16-11(17)18-8-12(13,14)15/h2-6,9H,7-8H2,1H3,(H,16,17). The number of carbonyl (C=O) groups excluding carboxylic acids is 1. The molecule has 0 saturated carbocycles. The lowest BCUT2D eigenvalue weighted by molar-refractivity contribution is -0.160. The van der Waals surface area contributed by atoms with Crippen LogP contribution in [0.15, 0.2) is 30.3 Å². The van der Waals surface area contributed by atoms with Crippen LogP contribution in [0.2, 0.25) is 0 Å². The first-order valence-corrected chi connectivity index (χ1v) is 5.41. The Kier molecular flexibility index (Phi) is 5.00. The molecular formula is C12H14F3NO2. The Morgan fingerprint density at radius 2 is 1.94 bits per heavy atom. The van der Waals surface area contributed by atoms with E-state index in [1.807, 2.05) is 30.3 Å². The monoisotopic (exact) mass is 261 g/mol. The van der Waals surface area contributed by atoms with Crippen LogP contribution in [-0.2, 0) is 11.2 Å². The maximum atomic E-state index is 11.8. The van der Waals surface area contributed by atoms with Crippen molar-refractivity contribution in [3.63, 3.8) is 0 Å². The lowest BCUT2D eigenvalue weighted by atomic mass is 10.1. The zero-order valence-corrected chi connectivity index (χ0v) is 9.83. The Morgan fingerprint density at radius 3 is 2.50 bits per heavy atom. The molecule has 1 rings (SSSR count). The molecular weight excluding hydrogens is 247 g/mol. The fraction of sp³-hybridized carbons (Fsp3) is 0.417. The third kappa shape index (κ3) is 6.12. The van der Waals surface area contributed by atoms with Crippen LogP contribution in [0.3, 0.4) is 0 Å². The molecule has 1 atom stereocenters. The molecule has 1 aromatic rings. The average molecular weight is 261 g/mol. The first kappa shape index (κ1) is 14.3. The average Bonchev–Trinajstić information content (AvgIpc) is 2.26. The van der Waals surface area contributed by atoms with Gasteiger partial charge in [-0.3, -0.25) is 0 Å². The van der Waals surface area contributed by atoms with E-state index in [0.717, 1.165) is 5.56 Å². The van der Waals surface area contributed by atoms with E-state index in [2.05, 4.69) is 10.1 Å². The Labute approximate surface area is 103 Å². The van der Waals surface area contributed by atoms with E-state index < -0.39 is 18.9 Å². The van der Waals surface area contributed by atoms with Gasteiger partial charge in [0.1, 0.15) is 0 Å². The Morgan fingerprint density at radius 1 is 1.33 bits per heavy atom. The van der Waals surface area contributed by atoms with Crippen molar-refractivity contribution in [2.45, 2.75) is 25.6 Å². The molecule has 1 N–H and O–H groups in total. The molecule has 3 nitrogen and oxygen atoms in total. The van der Waals surface area contributed by atoms with Crippen molar-refractivity contribution in [2.24, 2.45) is 0 Å². The van der Waals surface area contributed by atoms with E-state index in [-0.39, 0.29) is 6.04 Å². The minimum Gasteiger partial charge on any atom is -0.440 e. The summed E-state index contributed by atoms with van der Waals surface area (Å²) in [6, 6.07) is 9.01. The fourth-order valence-corrected chi connectivity index (χ4v) is 1.41. The number of ether oxygens (including phenoxy) is 1. The van der Waals surface area contributed by atoms with Crippen LogP contribution in [-0.4, -0.2) is 24.9 Å². The van der Waals surface area contributed by atoms with E-state index in [9.17, 15) is 18.0 Å². The maximum Gasteiger partial charge on any atom is 0.422 e. The molecule has 0 radical (unpaired) electrons. The normalized spacial score (nSPS) is 12.9. The van der Waals surface area contributed by atoms with Gasteiger partial charge in [-0.05, 0) is 18.9 Å². The highest BCUT2D eigenvalue weighted by Crippen LogP contribution is 2.14. The first-order valence-electron chi connectivity index (χ1n) is 5.41. The van der Waals surface area contributed by atoms with Crippen LogP contribution >= 0.6 is 0 Å². The van der Waals surface area contributed by atoms with Gasteiger partial charge in [-0.2, -0.15) is 13.2 Å². The molecule has 0 aliphatic rings. The molecule has 0 spiro atoms. The number of carbonyl (C=O) groups is 1. The number of halogens is 3. The van der Waals surface area contributed by atoms with Crippen molar-refractivity contribution in [1.29, 1.82) is 0 Å². The third-order valence-corrected chi connectivity index (χ3v) is 2.12. The molecule has 0 bridgehead atoms. The molecule has 0 heterocycles. The van der Waals surface area contributed by atoms with Gasteiger partial charge in [0.05, 0.1) is 0 Å². The second-order valence-corrected chi connectivity index (χ2v) is 3.93. The van der Waals surface area contributed by atoms with Gasteiger partial charge in [-0.1, -0.05) is 30.3 Å². The second-order valence-electron chi connectivity index (χ2n) is 3.93. The summed E-state index contributed by atoms with van der Waals surface area (Å²) in [5.74, 6) is 0. The predicted molar refractivity (Wildman–Crippen MR) is 60.1 cm³/mol. The smallest absolute Gasteiger partial charge is 0.422 e. The van der Waals surface area contributed by atoms with Crippen LogP contribution in [0.25, 0.3) is 0 Å². The molecule has 0 fully saturated rings. The van der Waals surface area contributed by atoms with Crippen LogP contribution in [0.4, 0.5) is 18.0 Å². The lowest BCUT2D eigenvalue weighted by Gasteiger charge is -2.14. The van der Waals surface area contributed by atoms with Crippen molar-refractivity contribution in [3.8, 4) is 0 Å². The third-order valence-electron chi connectivity index (χ3n) is 2.12. The van der Waals surface area contributed by atoms with E-state index in [0.29, 0.717) is 6.42 Å². The molecule has 0 saturated heterocycles. The summed E-state index contributed by atoms with van der Waals surface area (Å²) in [4.78, 5) is 11.1. The molecule has 18 heavy (non-hydrogen) atoms. The topological polar surface area (TPSA) is 38.3 Å². The summed E-state index contributed by atoms with van der Waals surface area (Å²) in [7, 11) is 0. The summed E-state index contributed by atoms with van der Waals surface area (Å²) in [6.07, 6.45) is -5.03. The largest absolute Gasteiger partial charge is 0.440 e. The van der Waals surface area contributed by atoms with Crippen molar-refractivity contribution >= 4 is 6.09 Å². The summed E-state index contributed by atoms with van der Waals surface area (Å²) < 4.78 is 39.4. The van der Waals surface area contributed by atoms with Crippen LogP contribution in [0.1, 0.15) is 12.5 Å². The highest BCUT2D eigenvalue weighted by Gasteiger charge is 2.29. The molecule has 1 amide bonds. The first-order chi connectivity index (χ1) is 8.37. The number of rotatable bonds is 4. The Balaban J connectivity index is 2.32. The quantitative estimate of drug-likeness (QED) is 0.905. The molecule has 0 aliphatic heterocycles. The van der Waals surface area contributed by atoms with Crippen LogP contribution in [0, 0.1) is 0 Å². The van der Waals surface area contributed by atoms with Gasteiger partial charge in [0, 0.05) is 6.04 Å². The zero-order valence-electron chi connectivity index (χ0n) is 9.83. The van der Waals surface area contributed by atoms with Crippen molar-refractivity contribution in [2.75, 3.05) is 6.61 Å². The lowest BCUT2D eigenvalue weighted by Crippen LogP contribution is -2.36. The highest BCUT2D eigenvalue weighted by molar-refractivity contribution is 5.67. The van der Waals surface area contributed by atoms with Gasteiger partial charge in [0.15, 0.2) is 6.61 Å². The number of hydrogen-bond donors (Lipinski definition) is 1. The number of alkyl halides is 3. The predicted octanol–water partition coefficient (Wildman–Crippen LogP) is 2.91. The summed E-state index contributed by atoms with van der Waals surface area (Å²) in [5, 5.41) is 2.34. The van der Waals surface area contributed by atoms with Crippen molar-refractivity contribution in [1.82, 2.24) is 5.32 Å². The SMILES string of the molecule is CC(Cc1ccccc1)NC(=O)OCC(F)(F)F. The summed E-state index contributed by atoms with van der Waals surface area (Å²) >= 11 is 0. The van der Waals surface area contributed by atoms with E-state index in [1.165, 1.54) is 0 Å². The molecule has 1 aromatic carbocycles. The highest BCUT2D eigenvalue weighted by atomic mass is 19.4. The van der Waals surface area contributed by atoms with Crippen LogP contribution in [0.5, 0.6) is 0 Å². The van der Waals surface area contributed by atoms with E-state index >= 15 is 0 Å². The number of hydrogen-bond acceptors (Lipinski definition) is 2. The Bertz CT molecular complexity index is 379. The van der Waals surface area contributed by atoms with Gasteiger partial charge < -0.3 is 10.1 Å². The van der Waals surface area contributed by atoms with Crippen LogP contribution < -0.4 is 5.32 Å². The summed E-state index contributed by atoms with van der Waals surface area (Å²) in [6.45, 7) is 0.124.